The molecule has 1 rings (SSSR count). The Morgan fingerprint density at radius 1 is 1.53 bits per heavy atom. The standard InChI is InChI=1S/C12H19N3O2/c1-8-5-9(6-10(13)14-8)11(16)15-12(2,3)7-17-4/h5-6H,7H2,1-4H3,(H2,13,14)(H,15,16). The second-order valence-electron chi connectivity index (χ2n) is 4.69. The van der Waals surface area contributed by atoms with Gasteiger partial charge in [-0.05, 0) is 32.9 Å². The molecule has 1 heterocycles. The van der Waals surface area contributed by atoms with Crippen LogP contribution in [-0.2, 0) is 4.74 Å². The molecule has 0 aliphatic heterocycles. The van der Waals surface area contributed by atoms with Crippen molar-refractivity contribution in [3.63, 3.8) is 0 Å². The summed E-state index contributed by atoms with van der Waals surface area (Å²) in [4.78, 5) is 16.0. The molecule has 0 radical (unpaired) electrons. The molecule has 0 saturated carbocycles. The topological polar surface area (TPSA) is 77.2 Å². The van der Waals surface area contributed by atoms with Gasteiger partial charge in [-0.25, -0.2) is 4.98 Å². The fourth-order valence-electron chi connectivity index (χ4n) is 1.60. The Kier molecular flexibility index (Phi) is 4.07. The molecule has 3 N–H and O–H groups in total. The number of aromatic nitrogens is 1. The van der Waals surface area contributed by atoms with Crippen molar-refractivity contribution in [2.75, 3.05) is 19.5 Å². The van der Waals surface area contributed by atoms with Crippen LogP contribution in [0.2, 0.25) is 0 Å². The number of carbonyl (C=O) groups is 1. The SMILES string of the molecule is COCC(C)(C)NC(=O)c1cc(C)nc(N)c1. The van der Waals surface area contributed by atoms with Crippen LogP contribution in [0.3, 0.4) is 0 Å². The van der Waals surface area contributed by atoms with Gasteiger partial charge in [-0.15, -0.1) is 0 Å². The van der Waals surface area contributed by atoms with Crippen LogP contribution in [0.4, 0.5) is 5.82 Å². The molecular weight excluding hydrogens is 218 g/mol. The minimum Gasteiger partial charge on any atom is -0.384 e. The largest absolute Gasteiger partial charge is 0.384 e. The smallest absolute Gasteiger partial charge is 0.251 e. The molecule has 0 aliphatic rings. The highest BCUT2D eigenvalue weighted by atomic mass is 16.5. The third kappa shape index (κ3) is 4.03. The van der Waals surface area contributed by atoms with E-state index < -0.39 is 5.54 Å². The van der Waals surface area contributed by atoms with E-state index in [1.165, 1.54) is 0 Å². The maximum absolute atomic E-state index is 12.0. The number of hydrogen-bond acceptors (Lipinski definition) is 4. The molecule has 0 fully saturated rings. The lowest BCUT2D eigenvalue weighted by Crippen LogP contribution is -2.46. The van der Waals surface area contributed by atoms with Crippen LogP contribution in [0.5, 0.6) is 0 Å². The highest BCUT2D eigenvalue weighted by Crippen LogP contribution is 2.10. The number of nitrogens with one attached hydrogen (secondary N) is 1. The summed E-state index contributed by atoms with van der Waals surface area (Å²) in [6.45, 7) is 6.03. The van der Waals surface area contributed by atoms with Gasteiger partial charge in [0.1, 0.15) is 5.82 Å². The van der Waals surface area contributed by atoms with E-state index in [1.807, 2.05) is 13.8 Å². The summed E-state index contributed by atoms with van der Waals surface area (Å²) in [6, 6.07) is 3.26. The van der Waals surface area contributed by atoms with Crippen LogP contribution in [0.15, 0.2) is 12.1 Å². The summed E-state index contributed by atoms with van der Waals surface area (Å²) in [5.74, 6) is 0.170. The number of nitrogens with zero attached hydrogens (tertiary/aromatic N) is 1. The number of hydrogen-bond donors (Lipinski definition) is 2. The van der Waals surface area contributed by atoms with Gasteiger partial charge in [-0.3, -0.25) is 4.79 Å². The lowest BCUT2D eigenvalue weighted by Gasteiger charge is -2.25. The van der Waals surface area contributed by atoms with E-state index in [9.17, 15) is 4.79 Å². The Hall–Kier alpha value is -1.62. The number of methoxy groups -OCH3 is 1. The minimum absolute atomic E-state index is 0.177. The van der Waals surface area contributed by atoms with E-state index in [2.05, 4.69) is 10.3 Å². The molecule has 5 nitrogen and oxygen atoms in total. The summed E-state index contributed by atoms with van der Waals surface area (Å²) < 4.78 is 5.04. The monoisotopic (exact) mass is 237 g/mol. The second kappa shape index (κ2) is 5.14. The quantitative estimate of drug-likeness (QED) is 0.823. The molecule has 1 aromatic rings. The van der Waals surface area contributed by atoms with Gasteiger partial charge >= 0.3 is 0 Å². The van der Waals surface area contributed by atoms with Crippen molar-refractivity contribution in [1.29, 1.82) is 0 Å². The lowest BCUT2D eigenvalue weighted by atomic mass is 10.1. The predicted octanol–water partition coefficient (Wildman–Crippen LogP) is 1.13. The van der Waals surface area contributed by atoms with E-state index in [1.54, 1.807) is 26.2 Å². The number of nitrogen functional groups attached to an aromatic ring is 1. The average Bonchev–Trinajstić information content (AvgIpc) is 2.14. The molecule has 17 heavy (non-hydrogen) atoms. The zero-order valence-electron chi connectivity index (χ0n) is 10.7. The summed E-state index contributed by atoms with van der Waals surface area (Å²) >= 11 is 0. The zero-order chi connectivity index (χ0) is 13.1. The van der Waals surface area contributed by atoms with Crippen molar-refractivity contribution in [2.45, 2.75) is 26.3 Å². The first-order valence-electron chi connectivity index (χ1n) is 5.40. The molecular formula is C12H19N3O2. The number of ether oxygens (including phenoxy) is 1. The van der Waals surface area contributed by atoms with Gasteiger partial charge in [-0.2, -0.15) is 0 Å². The Morgan fingerprint density at radius 3 is 2.71 bits per heavy atom. The summed E-state index contributed by atoms with van der Waals surface area (Å²) in [5, 5.41) is 2.88. The molecule has 0 atom stereocenters. The first-order valence-corrected chi connectivity index (χ1v) is 5.40. The zero-order valence-corrected chi connectivity index (χ0v) is 10.7. The molecule has 0 unspecified atom stereocenters. The second-order valence-corrected chi connectivity index (χ2v) is 4.69. The van der Waals surface area contributed by atoms with E-state index >= 15 is 0 Å². The molecule has 0 aliphatic carbocycles. The first kappa shape index (κ1) is 13.4. The number of aryl methyl sites for hydroxylation is 1. The normalized spacial score (nSPS) is 11.3. The van der Waals surface area contributed by atoms with Gasteiger partial charge < -0.3 is 15.8 Å². The molecule has 94 valence electrons. The maximum Gasteiger partial charge on any atom is 0.251 e. The van der Waals surface area contributed by atoms with Gasteiger partial charge in [0.25, 0.3) is 5.91 Å². The summed E-state index contributed by atoms with van der Waals surface area (Å²) in [5.41, 5.74) is 6.42. The number of pyridine rings is 1. The van der Waals surface area contributed by atoms with Gasteiger partial charge in [0.2, 0.25) is 0 Å². The van der Waals surface area contributed by atoms with Gasteiger partial charge in [-0.1, -0.05) is 0 Å². The first-order chi connectivity index (χ1) is 7.84. The number of amides is 1. The molecule has 1 amide bonds. The highest BCUT2D eigenvalue weighted by molar-refractivity contribution is 5.95. The van der Waals surface area contributed by atoms with E-state index in [0.29, 0.717) is 18.0 Å². The van der Waals surface area contributed by atoms with Crippen molar-refractivity contribution in [1.82, 2.24) is 10.3 Å². The number of carbonyl (C=O) groups excluding carboxylic acids is 1. The average molecular weight is 237 g/mol. The third-order valence-electron chi connectivity index (χ3n) is 2.19. The van der Waals surface area contributed by atoms with Gasteiger partial charge in [0, 0.05) is 18.4 Å². The van der Waals surface area contributed by atoms with E-state index in [-0.39, 0.29) is 5.91 Å². The minimum atomic E-state index is -0.419. The van der Waals surface area contributed by atoms with E-state index in [0.717, 1.165) is 5.69 Å². The van der Waals surface area contributed by atoms with Crippen LogP contribution in [0.25, 0.3) is 0 Å². The fourth-order valence-corrected chi connectivity index (χ4v) is 1.60. The predicted molar refractivity (Wildman–Crippen MR) is 66.8 cm³/mol. The highest BCUT2D eigenvalue weighted by Gasteiger charge is 2.21. The van der Waals surface area contributed by atoms with Gasteiger partial charge in [0.15, 0.2) is 0 Å². The van der Waals surface area contributed by atoms with Crippen molar-refractivity contribution in [2.24, 2.45) is 0 Å². The lowest BCUT2D eigenvalue weighted by molar-refractivity contribution is 0.0820. The molecule has 0 saturated heterocycles. The number of rotatable bonds is 4. The molecule has 0 bridgehead atoms. The third-order valence-corrected chi connectivity index (χ3v) is 2.19. The molecule has 0 aromatic carbocycles. The van der Waals surface area contributed by atoms with E-state index in [4.69, 9.17) is 10.5 Å². The van der Waals surface area contributed by atoms with Crippen LogP contribution in [0.1, 0.15) is 29.9 Å². The van der Waals surface area contributed by atoms with Crippen LogP contribution in [0, 0.1) is 6.92 Å². The number of nitrogens with two attached hydrogens (primary N) is 1. The molecule has 1 aromatic heterocycles. The number of anilines is 1. The Balaban J connectivity index is 2.83. The van der Waals surface area contributed by atoms with Crippen molar-refractivity contribution >= 4 is 11.7 Å². The molecule has 0 spiro atoms. The Morgan fingerprint density at radius 2 is 2.18 bits per heavy atom. The summed E-state index contributed by atoms with van der Waals surface area (Å²) in [6.07, 6.45) is 0. The van der Waals surface area contributed by atoms with Crippen molar-refractivity contribution < 1.29 is 9.53 Å². The van der Waals surface area contributed by atoms with Crippen LogP contribution < -0.4 is 11.1 Å². The summed E-state index contributed by atoms with van der Waals surface area (Å²) in [7, 11) is 1.60. The van der Waals surface area contributed by atoms with Crippen molar-refractivity contribution in [3.05, 3.63) is 23.4 Å². The van der Waals surface area contributed by atoms with Crippen LogP contribution in [-0.4, -0.2) is 30.1 Å². The maximum atomic E-state index is 12.0. The molecule has 5 heteroatoms. The Labute approximate surface area is 101 Å². The van der Waals surface area contributed by atoms with Gasteiger partial charge in [0.05, 0.1) is 12.1 Å². The fraction of sp³-hybridized carbons (Fsp3) is 0.500. The Bertz CT molecular complexity index is 396. The van der Waals surface area contributed by atoms with Crippen molar-refractivity contribution in [3.8, 4) is 0 Å². The van der Waals surface area contributed by atoms with Crippen LogP contribution >= 0.6 is 0 Å².